The summed E-state index contributed by atoms with van der Waals surface area (Å²) in [5.41, 5.74) is 0.852. The van der Waals surface area contributed by atoms with Gasteiger partial charge in [-0.2, -0.15) is 0 Å². The molecule has 0 saturated carbocycles. The van der Waals surface area contributed by atoms with Crippen LogP contribution in [0, 0.1) is 0 Å². The molecule has 0 aliphatic carbocycles. The van der Waals surface area contributed by atoms with Gasteiger partial charge in [-0.05, 0) is 31.8 Å². The van der Waals surface area contributed by atoms with Gasteiger partial charge in [0.05, 0.1) is 20.6 Å². The predicted molar refractivity (Wildman–Crippen MR) is 75.9 cm³/mol. The number of halogens is 1. The molecule has 0 heterocycles. The fraction of sp³-hybridized carbons (Fsp3) is 0.462. The fourth-order valence-corrected chi connectivity index (χ4v) is 2.45. The number of nitrogens with zero attached hydrogens (tertiary/aromatic N) is 1. The topological polar surface area (TPSA) is 59.0 Å². The van der Waals surface area contributed by atoms with Crippen molar-refractivity contribution in [2.45, 2.75) is 12.5 Å². The van der Waals surface area contributed by atoms with Gasteiger partial charge < -0.3 is 19.5 Å². The van der Waals surface area contributed by atoms with Crippen LogP contribution in [0.1, 0.15) is 18.0 Å². The lowest BCUT2D eigenvalue weighted by molar-refractivity contribution is -0.138. The monoisotopic (exact) mass is 331 g/mol. The van der Waals surface area contributed by atoms with Crippen LogP contribution in [0.3, 0.4) is 0 Å². The van der Waals surface area contributed by atoms with Crippen molar-refractivity contribution in [3.05, 3.63) is 22.2 Å². The number of methoxy groups -OCH3 is 2. The molecule has 0 aromatic heterocycles. The second kappa shape index (κ2) is 6.77. The van der Waals surface area contributed by atoms with Gasteiger partial charge in [0.25, 0.3) is 0 Å². The van der Waals surface area contributed by atoms with Gasteiger partial charge >= 0.3 is 5.97 Å². The highest BCUT2D eigenvalue weighted by atomic mass is 79.9. The Balaban J connectivity index is 3.26. The smallest absolute Gasteiger partial charge is 0.305 e. The Morgan fingerprint density at radius 2 is 1.84 bits per heavy atom. The van der Waals surface area contributed by atoms with Crippen molar-refractivity contribution in [2.75, 3.05) is 28.3 Å². The average molecular weight is 332 g/mol. The fourth-order valence-electron chi connectivity index (χ4n) is 1.86. The van der Waals surface area contributed by atoms with E-state index in [-0.39, 0.29) is 12.5 Å². The van der Waals surface area contributed by atoms with Crippen molar-refractivity contribution in [3.63, 3.8) is 0 Å². The van der Waals surface area contributed by atoms with E-state index in [9.17, 15) is 4.79 Å². The van der Waals surface area contributed by atoms with Crippen LogP contribution in [-0.4, -0.2) is 44.3 Å². The normalized spacial score (nSPS) is 12.3. The van der Waals surface area contributed by atoms with E-state index in [0.29, 0.717) is 11.5 Å². The van der Waals surface area contributed by atoms with Crippen LogP contribution < -0.4 is 9.47 Å². The van der Waals surface area contributed by atoms with Gasteiger partial charge in [0.2, 0.25) is 0 Å². The molecule has 0 spiro atoms. The summed E-state index contributed by atoms with van der Waals surface area (Å²) >= 11 is 3.45. The SMILES string of the molecule is COc1cc(Br)c(C(CC(=O)O)N(C)C)cc1OC. The third-order valence-corrected chi connectivity index (χ3v) is 3.54. The van der Waals surface area contributed by atoms with Gasteiger partial charge in [0.1, 0.15) is 0 Å². The summed E-state index contributed by atoms with van der Waals surface area (Å²) in [5, 5.41) is 9.01. The van der Waals surface area contributed by atoms with E-state index in [1.165, 1.54) is 0 Å². The Hall–Kier alpha value is -1.27. The van der Waals surface area contributed by atoms with Crippen molar-refractivity contribution in [2.24, 2.45) is 0 Å². The van der Waals surface area contributed by atoms with Crippen LogP contribution in [0.2, 0.25) is 0 Å². The first-order valence-electron chi connectivity index (χ1n) is 5.70. The molecule has 0 fully saturated rings. The zero-order chi connectivity index (χ0) is 14.6. The molecule has 0 saturated heterocycles. The van der Waals surface area contributed by atoms with Crippen molar-refractivity contribution in [1.29, 1.82) is 0 Å². The number of carboxylic acid groups (broad SMARTS) is 1. The number of benzene rings is 1. The maximum atomic E-state index is 11.0. The Bertz CT molecular complexity index is 462. The van der Waals surface area contributed by atoms with E-state index in [2.05, 4.69) is 15.9 Å². The maximum Gasteiger partial charge on any atom is 0.305 e. The van der Waals surface area contributed by atoms with Crippen LogP contribution in [-0.2, 0) is 4.79 Å². The second-order valence-corrected chi connectivity index (χ2v) is 5.16. The molecule has 0 aliphatic rings. The molecule has 1 N–H and O–H groups in total. The third-order valence-electron chi connectivity index (χ3n) is 2.85. The van der Waals surface area contributed by atoms with E-state index in [1.807, 2.05) is 19.0 Å². The minimum absolute atomic E-state index is 0.0150. The first-order valence-corrected chi connectivity index (χ1v) is 6.49. The predicted octanol–water partition coefficient (Wildman–Crippen LogP) is 2.54. The summed E-state index contributed by atoms with van der Waals surface area (Å²) < 4.78 is 11.3. The van der Waals surface area contributed by atoms with Crippen LogP contribution in [0.5, 0.6) is 11.5 Å². The highest BCUT2D eigenvalue weighted by Crippen LogP contribution is 2.38. The second-order valence-electron chi connectivity index (χ2n) is 4.31. The number of aliphatic carboxylic acids is 1. The first-order chi connectivity index (χ1) is 8.90. The third kappa shape index (κ3) is 3.84. The lowest BCUT2D eigenvalue weighted by Crippen LogP contribution is -2.23. The van der Waals surface area contributed by atoms with Crippen molar-refractivity contribution in [1.82, 2.24) is 4.90 Å². The molecular formula is C13H18BrNO4. The molecule has 0 radical (unpaired) electrons. The molecule has 5 nitrogen and oxygen atoms in total. The summed E-state index contributed by atoms with van der Waals surface area (Å²) in [6, 6.07) is 3.34. The number of carboxylic acids is 1. The molecule has 6 heteroatoms. The van der Waals surface area contributed by atoms with Gasteiger partial charge in [0.15, 0.2) is 11.5 Å². The van der Waals surface area contributed by atoms with Crippen LogP contribution in [0.15, 0.2) is 16.6 Å². The van der Waals surface area contributed by atoms with Gasteiger partial charge in [0, 0.05) is 10.5 Å². The van der Waals surface area contributed by atoms with Crippen LogP contribution in [0.4, 0.5) is 0 Å². The lowest BCUT2D eigenvalue weighted by Gasteiger charge is -2.25. The minimum Gasteiger partial charge on any atom is -0.493 e. The quantitative estimate of drug-likeness (QED) is 0.868. The average Bonchev–Trinajstić information content (AvgIpc) is 2.35. The summed E-state index contributed by atoms with van der Waals surface area (Å²) in [5.74, 6) is 0.337. The zero-order valence-corrected chi connectivity index (χ0v) is 13.0. The van der Waals surface area contributed by atoms with Crippen molar-refractivity contribution >= 4 is 21.9 Å². The molecule has 19 heavy (non-hydrogen) atoms. The Morgan fingerprint density at radius 1 is 1.32 bits per heavy atom. The molecule has 106 valence electrons. The Kier molecular flexibility index (Phi) is 5.62. The van der Waals surface area contributed by atoms with E-state index >= 15 is 0 Å². The molecule has 0 amide bonds. The molecule has 1 aromatic carbocycles. The Labute approximate surface area is 121 Å². The van der Waals surface area contributed by atoms with Crippen LogP contribution >= 0.6 is 15.9 Å². The minimum atomic E-state index is -0.847. The number of ether oxygens (including phenoxy) is 2. The van der Waals surface area contributed by atoms with Gasteiger partial charge in [-0.15, -0.1) is 0 Å². The number of hydrogen-bond donors (Lipinski definition) is 1. The number of rotatable bonds is 6. The lowest BCUT2D eigenvalue weighted by atomic mass is 10.0. The van der Waals surface area contributed by atoms with Gasteiger partial charge in [-0.25, -0.2) is 0 Å². The highest BCUT2D eigenvalue weighted by molar-refractivity contribution is 9.10. The molecular weight excluding hydrogens is 314 g/mol. The highest BCUT2D eigenvalue weighted by Gasteiger charge is 2.22. The summed E-state index contributed by atoms with van der Waals surface area (Å²) in [7, 11) is 6.80. The van der Waals surface area contributed by atoms with Gasteiger partial charge in [-0.3, -0.25) is 4.79 Å². The summed E-state index contributed by atoms with van der Waals surface area (Å²) in [6.45, 7) is 0. The van der Waals surface area contributed by atoms with E-state index in [0.717, 1.165) is 10.0 Å². The molecule has 1 atom stereocenters. The maximum absolute atomic E-state index is 11.0. The largest absolute Gasteiger partial charge is 0.493 e. The molecule has 0 bridgehead atoms. The Morgan fingerprint density at radius 3 is 2.26 bits per heavy atom. The molecule has 1 aromatic rings. The molecule has 1 rings (SSSR count). The molecule has 0 aliphatic heterocycles. The molecule has 1 unspecified atom stereocenters. The van der Waals surface area contributed by atoms with Gasteiger partial charge in [-0.1, -0.05) is 15.9 Å². The number of hydrogen-bond acceptors (Lipinski definition) is 4. The van der Waals surface area contributed by atoms with Crippen molar-refractivity contribution in [3.8, 4) is 11.5 Å². The van der Waals surface area contributed by atoms with Crippen molar-refractivity contribution < 1.29 is 19.4 Å². The van der Waals surface area contributed by atoms with Crippen LogP contribution in [0.25, 0.3) is 0 Å². The zero-order valence-electron chi connectivity index (χ0n) is 11.4. The number of carbonyl (C=O) groups is 1. The van der Waals surface area contributed by atoms with E-state index < -0.39 is 5.97 Å². The van der Waals surface area contributed by atoms with E-state index in [4.69, 9.17) is 14.6 Å². The summed E-state index contributed by atoms with van der Waals surface area (Å²) in [4.78, 5) is 12.8. The standard InChI is InChI=1S/C13H18BrNO4/c1-15(2)10(7-13(16)17)8-5-11(18-3)12(19-4)6-9(8)14/h5-6,10H,7H2,1-4H3,(H,16,17). The summed E-state index contributed by atoms with van der Waals surface area (Å²) in [6.07, 6.45) is 0.0150. The van der Waals surface area contributed by atoms with E-state index in [1.54, 1.807) is 26.4 Å². The first kappa shape index (κ1) is 15.8.